The highest BCUT2D eigenvalue weighted by Gasteiger charge is 2.34. The van der Waals surface area contributed by atoms with Gasteiger partial charge < -0.3 is 4.90 Å². The van der Waals surface area contributed by atoms with Gasteiger partial charge in [-0.15, -0.1) is 11.3 Å². The molecule has 1 aromatic heterocycles. The Balaban J connectivity index is 1.89. The van der Waals surface area contributed by atoms with E-state index in [-0.39, 0.29) is 23.5 Å². The van der Waals surface area contributed by atoms with Gasteiger partial charge in [0.05, 0.1) is 26.7 Å². The van der Waals surface area contributed by atoms with E-state index >= 15 is 0 Å². The summed E-state index contributed by atoms with van der Waals surface area (Å²) in [5, 5.41) is 0.967. The monoisotopic (exact) mass is 338 g/mol. The van der Waals surface area contributed by atoms with Gasteiger partial charge in [-0.1, -0.05) is 0 Å². The average Bonchev–Trinajstić information content (AvgIpc) is 3.00. The highest BCUT2D eigenvalue weighted by atomic mass is 32.2. The van der Waals surface area contributed by atoms with E-state index in [9.17, 15) is 13.2 Å². The molecule has 1 aromatic carbocycles. The fourth-order valence-electron chi connectivity index (χ4n) is 2.93. The molecular weight excluding hydrogens is 320 g/mol. The molecule has 1 amide bonds. The molecule has 1 atom stereocenters. The minimum absolute atomic E-state index is 0.0740. The summed E-state index contributed by atoms with van der Waals surface area (Å²) in [6.45, 7) is 4.33. The minimum Gasteiger partial charge on any atom is -0.335 e. The molecule has 1 aliphatic heterocycles. The van der Waals surface area contributed by atoms with Gasteiger partial charge in [0.25, 0.3) is 5.91 Å². The van der Waals surface area contributed by atoms with Crippen molar-refractivity contribution in [3.05, 3.63) is 28.8 Å². The molecule has 0 saturated carbocycles. The van der Waals surface area contributed by atoms with E-state index in [2.05, 4.69) is 4.98 Å². The molecule has 1 aliphatic rings. The molecule has 1 saturated heterocycles. The Morgan fingerprint density at radius 2 is 2.23 bits per heavy atom. The lowest BCUT2D eigenvalue weighted by Crippen LogP contribution is -2.40. The first-order valence-corrected chi connectivity index (χ1v) is 9.92. The molecule has 2 heterocycles. The fraction of sp³-hybridized carbons (Fsp3) is 0.467. The number of nitrogens with zero attached hydrogens (tertiary/aromatic N) is 2. The molecule has 0 radical (unpaired) electrons. The van der Waals surface area contributed by atoms with Gasteiger partial charge in [-0.2, -0.15) is 0 Å². The first kappa shape index (κ1) is 15.4. The van der Waals surface area contributed by atoms with Gasteiger partial charge in [-0.05, 0) is 38.5 Å². The van der Waals surface area contributed by atoms with E-state index in [0.29, 0.717) is 18.5 Å². The van der Waals surface area contributed by atoms with Gasteiger partial charge in [-0.25, -0.2) is 13.4 Å². The smallest absolute Gasteiger partial charge is 0.254 e. The van der Waals surface area contributed by atoms with Gasteiger partial charge >= 0.3 is 0 Å². The summed E-state index contributed by atoms with van der Waals surface area (Å²) in [6, 6.07) is 5.30. The van der Waals surface area contributed by atoms with Crippen LogP contribution in [0.2, 0.25) is 0 Å². The molecule has 0 N–H and O–H groups in total. The number of sulfone groups is 1. The highest BCUT2D eigenvalue weighted by molar-refractivity contribution is 7.91. The first-order valence-electron chi connectivity index (χ1n) is 7.28. The van der Waals surface area contributed by atoms with Gasteiger partial charge in [0.2, 0.25) is 0 Å². The number of benzene rings is 1. The van der Waals surface area contributed by atoms with Crippen molar-refractivity contribution in [1.82, 2.24) is 9.88 Å². The van der Waals surface area contributed by atoms with E-state index < -0.39 is 9.84 Å². The van der Waals surface area contributed by atoms with E-state index in [0.717, 1.165) is 15.2 Å². The normalized spacial score (nSPS) is 20.4. The summed E-state index contributed by atoms with van der Waals surface area (Å²) in [6.07, 6.45) is 0.528. The minimum atomic E-state index is -3.00. The highest BCUT2D eigenvalue weighted by Crippen LogP contribution is 2.24. The van der Waals surface area contributed by atoms with Crippen LogP contribution < -0.4 is 0 Å². The van der Waals surface area contributed by atoms with Crippen molar-refractivity contribution in [3.8, 4) is 0 Å². The summed E-state index contributed by atoms with van der Waals surface area (Å²) in [7, 11) is -3.00. The summed E-state index contributed by atoms with van der Waals surface area (Å²) in [5.41, 5.74) is 1.40. The number of carbonyl (C=O) groups excluding carboxylic acids is 1. The fourth-order valence-corrected chi connectivity index (χ4v) is 5.47. The Hall–Kier alpha value is -1.47. The third-order valence-corrected chi connectivity index (χ3v) is 6.69. The Bertz CT molecular complexity index is 826. The number of fused-ring (bicyclic) bond motifs is 1. The number of thiazole rings is 1. The summed E-state index contributed by atoms with van der Waals surface area (Å²) in [4.78, 5) is 18.8. The van der Waals surface area contributed by atoms with Crippen LogP contribution in [0.1, 0.15) is 28.7 Å². The third-order valence-electron chi connectivity index (χ3n) is 3.99. The number of hydrogen-bond acceptors (Lipinski definition) is 5. The standard InChI is InChI=1S/C15H18N2O3S2/c1-3-17(12-6-7-22(19,20)9-12)15(18)11-4-5-14-13(8-11)16-10(2)21-14/h4-5,8,12H,3,6-7,9H2,1-2H3. The van der Waals surface area contributed by atoms with Crippen LogP contribution in [0.25, 0.3) is 10.2 Å². The molecule has 5 nitrogen and oxygen atoms in total. The molecule has 7 heteroatoms. The Morgan fingerprint density at radius 3 is 2.86 bits per heavy atom. The lowest BCUT2D eigenvalue weighted by atomic mass is 10.1. The Morgan fingerprint density at radius 1 is 1.45 bits per heavy atom. The number of amides is 1. The lowest BCUT2D eigenvalue weighted by Gasteiger charge is -2.26. The van der Waals surface area contributed by atoms with Crippen molar-refractivity contribution < 1.29 is 13.2 Å². The van der Waals surface area contributed by atoms with E-state index in [1.165, 1.54) is 0 Å². The molecule has 3 rings (SSSR count). The summed E-state index contributed by atoms with van der Waals surface area (Å²) < 4.78 is 24.4. The average molecular weight is 338 g/mol. The van der Waals surface area contributed by atoms with E-state index in [1.807, 2.05) is 19.9 Å². The van der Waals surface area contributed by atoms with Crippen molar-refractivity contribution in [2.24, 2.45) is 0 Å². The van der Waals surface area contributed by atoms with Gasteiger partial charge in [-0.3, -0.25) is 4.79 Å². The van der Waals surface area contributed by atoms with Crippen LogP contribution in [0, 0.1) is 6.92 Å². The predicted molar refractivity (Wildman–Crippen MR) is 88.1 cm³/mol. The molecular formula is C15H18N2O3S2. The van der Waals surface area contributed by atoms with Gasteiger partial charge in [0.1, 0.15) is 0 Å². The number of aromatic nitrogens is 1. The SMILES string of the molecule is CCN(C(=O)c1ccc2sc(C)nc2c1)C1CCS(=O)(=O)C1. The topological polar surface area (TPSA) is 67.3 Å². The van der Waals surface area contributed by atoms with Crippen LogP contribution in [0.4, 0.5) is 0 Å². The molecule has 1 fully saturated rings. The zero-order valence-electron chi connectivity index (χ0n) is 12.6. The molecule has 118 valence electrons. The van der Waals surface area contributed by atoms with Crippen LogP contribution in [-0.2, 0) is 9.84 Å². The van der Waals surface area contributed by atoms with Crippen LogP contribution >= 0.6 is 11.3 Å². The van der Waals surface area contributed by atoms with Crippen LogP contribution in [0.15, 0.2) is 18.2 Å². The Labute approximate surface area is 133 Å². The maximum atomic E-state index is 12.7. The summed E-state index contributed by atoms with van der Waals surface area (Å²) in [5.74, 6) is 0.133. The molecule has 0 bridgehead atoms. The zero-order chi connectivity index (χ0) is 15.9. The van der Waals surface area contributed by atoms with Crippen LogP contribution in [-0.4, -0.2) is 48.3 Å². The number of hydrogen-bond donors (Lipinski definition) is 0. The lowest BCUT2D eigenvalue weighted by molar-refractivity contribution is 0.0708. The van der Waals surface area contributed by atoms with E-state index in [4.69, 9.17) is 0 Å². The summed E-state index contributed by atoms with van der Waals surface area (Å²) >= 11 is 1.60. The van der Waals surface area contributed by atoms with E-state index in [1.54, 1.807) is 28.4 Å². The van der Waals surface area contributed by atoms with Crippen LogP contribution in [0.3, 0.4) is 0 Å². The molecule has 22 heavy (non-hydrogen) atoms. The molecule has 2 aromatic rings. The van der Waals surface area contributed by atoms with Crippen LogP contribution in [0.5, 0.6) is 0 Å². The maximum absolute atomic E-state index is 12.7. The quantitative estimate of drug-likeness (QED) is 0.861. The zero-order valence-corrected chi connectivity index (χ0v) is 14.2. The Kier molecular flexibility index (Phi) is 3.94. The molecule has 0 aliphatic carbocycles. The number of carbonyl (C=O) groups is 1. The van der Waals surface area contributed by atoms with Gasteiger partial charge in [0, 0.05) is 18.2 Å². The third kappa shape index (κ3) is 2.87. The predicted octanol–water partition coefficient (Wildman–Crippen LogP) is 2.25. The van der Waals surface area contributed by atoms with Crippen molar-refractivity contribution in [1.29, 1.82) is 0 Å². The largest absolute Gasteiger partial charge is 0.335 e. The number of rotatable bonds is 3. The van der Waals surface area contributed by atoms with Crippen molar-refractivity contribution in [3.63, 3.8) is 0 Å². The van der Waals surface area contributed by atoms with Gasteiger partial charge in [0.15, 0.2) is 9.84 Å². The van der Waals surface area contributed by atoms with Crippen molar-refractivity contribution >= 4 is 37.3 Å². The molecule has 1 unspecified atom stereocenters. The maximum Gasteiger partial charge on any atom is 0.254 e. The molecule has 0 spiro atoms. The second kappa shape index (κ2) is 5.62. The second-order valence-electron chi connectivity index (χ2n) is 5.56. The first-order chi connectivity index (χ1) is 10.4. The van der Waals surface area contributed by atoms with Crippen molar-refractivity contribution in [2.45, 2.75) is 26.3 Å². The second-order valence-corrected chi connectivity index (χ2v) is 9.03. The van der Waals surface area contributed by atoms with Crippen molar-refractivity contribution in [2.75, 3.05) is 18.1 Å². The number of aryl methyl sites for hydroxylation is 1.